The van der Waals surface area contributed by atoms with Crippen LogP contribution in [0, 0.1) is 0 Å². The Balaban J connectivity index is 1.98. The molecular formula is C19H26N4O2. The van der Waals surface area contributed by atoms with Gasteiger partial charge < -0.3 is 15.4 Å². The maximum absolute atomic E-state index is 12.4. The first-order valence-corrected chi connectivity index (χ1v) is 8.38. The Kier molecular flexibility index (Phi) is 6.47. The SMILES string of the molecule is COCCCNc1nccc(C(=O)Nc2ccc(C(C)(C)C)cc2)n1. The van der Waals surface area contributed by atoms with Gasteiger partial charge in [-0.1, -0.05) is 32.9 Å². The van der Waals surface area contributed by atoms with E-state index in [2.05, 4.69) is 41.4 Å². The molecule has 0 spiro atoms. The zero-order valence-corrected chi connectivity index (χ0v) is 15.3. The summed E-state index contributed by atoms with van der Waals surface area (Å²) in [5.74, 6) is 0.178. The number of ether oxygens (including phenoxy) is 1. The molecule has 0 aliphatic rings. The van der Waals surface area contributed by atoms with Crippen LogP contribution in [0.3, 0.4) is 0 Å². The highest BCUT2D eigenvalue weighted by Crippen LogP contribution is 2.23. The van der Waals surface area contributed by atoms with E-state index in [4.69, 9.17) is 4.74 Å². The van der Waals surface area contributed by atoms with Crippen LogP contribution in [-0.2, 0) is 10.2 Å². The molecule has 6 nitrogen and oxygen atoms in total. The molecule has 25 heavy (non-hydrogen) atoms. The summed E-state index contributed by atoms with van der Waals surface area (Å²) in [6.07, 6.45) is 2.42. The number of hydrogen-bond donors (Lipinski definition) is 2. The average Bonchev–Trinajstić information content (AvgIpc) is 2.59. The summed E-state index contributed by atoms with van der Waals surface area (Å²) >= 11 is 0. The van der Waals surface area contributed by atoms with Crippen LogP contribution in [0.5, 0.6) is 0 Å². The summed E-state index contributed by atoms with van der Waals surface area (Å²) in [5.41, 5.74) is 2.36. The highest BCUT2D eigenvalue weighted by Gasteiger charge is 2.14. The lowest BCUT2D eigenvalue weighted by molar-refractivity contribution is 0.102. The Morgan fingerprint density at radius 3 is 2.52 bits per heavy atom. The van der Waals surface area contributed by atoms with Crippen molar-refractivity contribution in [3.63, 3.8) is 0 Å². The van der Waals surface area contributed by atoms with Crippen LogP contribution in [0.25, 0.3) is 0 Å². The molecule has 0 saturated carbocycles. The molecule has 0 saturated heterocycles. The van der Waals surface area contributed by atoms with Gasteiger partial charge in [0.1, 0.15) is 5.69 Å². The lowest BCUT2D eigenvalue weighted by Crippen LogP contribution is -2.16. The maximum atomic E-state index is 12.4. The number of carbonyl (C=O) groups excluding carboxylic acids is 1. The molecule has 2 N–H and O–H groups in total. The number of nitrogens with zero attached hydrogens (tertiary/aromatic N) is 2. The van der Waals surface area contributed by atoms with E-state index in [0.717, 1.165) is 12.1 Å². The Bertz CT molecular complexity index is 693. The van der Waals surface area contributed by atoms with Gasteiger partial charge in [0.15, 0.2) is 0 Å². The first-order chi connectivity index (χ1) is 11.9. The van der Waals surface area contributed by atoms with Crippen molar-refractivity contribution in [3.05, 3.63) is 47.8 Å². The Hall–Kier alpha value is -2.47. The predicted molar refractivity (Wildman–Crippen MR) is 100 cm³/mol. The zero-order valence-electron chi connectivity index (χ0n) is 15.3. The van der Waals surface area contributed by atoms with Gasteiger partial charge in [-0.15, -0.1) is 0 Å². The predicted octanol–water partition coefficient (Wildman–Crippen LogP) is 3.47. The van der Waals surface area contributed by atoms with Crippen molar-refractivity contribution in [2.75, 3.05) is 30.9 Å². The molecule has 2 rings (SSSR count). The minimum Gasteiger partial charge on any atom is -0.385 e. The standard InChI is InChI=1S/C19H26N4O2/c1-19(2,3)14-6-8-15(9-7-14)22-17(24)16-10-12-21-18(23-16)20-11-5-13-25-4/h6-10,12H,5,11,13H2,1-4H3,(H,22,24)(H,20,21,23). The van der Waals surface area contributed by atoms with Crippen LogP contribution < -0.4 is 10.6 Å². The Labute approximate surface area is 149 Å². The molecule has 1 aromatic carbocycles. The average molecular weight is 342 g/mol. The maximum Gasteiger partial charge on any atom is 0.274 e. The molecule has 2 aromatic rings. The van der Waals surface area contributed by atoms with Gasteiger partial charge in [-0.05, 0) is 35.6 Å². The second-order valence-corrected chi connectivity index (χ2v) is 6.82. The van der Waals surface area contributed by atoms with Crippen LogP contribution in [0.15, 0.2) is 36.5 Å². The Morgan fingerprint density at radius 1 is 1.16 bits per heavy atom. The summed E-state index contributed by atoms with van der Waals surface area (Å²) < 4.78 is 4.99. The van der Waals surface area contributed by atoms with E-state index in [1.807, 2.05) is 24.3 Å². The van der Waals surface area contributed by atoms with E-state index in [1.165, 1.54) is 5.56 Å². The molecule has 0 bridgehead atoms. The number of benzene rings is 1. The Morgan fingerprint density at radius 2 is 1.88 bits per heavy atom. The van der Waals surface area contributed by atoms with Gasteiger partial charge in [-0.3, -0.25) is 4.79 Å². The smallest absolute Gasteiger partial charge is 0.274 e. The first kappa shape index (κ1) is 18.9. The third kappa shape index (κ3) is 5.83. The number of anilines is 2. The minimum atomic E-state index is -0.258. The third-order valence-corrected chi connectivity index (χ3v) is 3.71. The largest absolute Gasteiger partial charge is 0.385 e. The van der Waals surface area contributed by atoms with Crippen LogP contribution >= 0.6 is 0 Å². The van der Waals surface area contributed by atoms with E-state index < -0.39 is 0 Å². The van der Waals surface area contributed by atoms with Crippen LogP contribution in [0.1, 0.15) is 43.2 Å². The summed E-state index contributed by atoms with van der Waals surface area (Å²) in [6, 6.07) is 9.46. The van der Waals surface area contributed by atoms with E-state index in [9.17, 15) is 4.79 Å². The van der Waals surface area contributed by atoms with Crippen LogP contribution in [-0.4, -0.2) is 36.1 Å². The number of amides is 1. The van der Waals surface area contributed by atoms with E-state index in [-0.39, 0.29) is 11.3 Å². The lowest BCUT2D eigenvalue weighted by atomic mass is 9.87. The molecule has 1 amide bonds. The van der Waals surface area contributed by atoms with Gasteiger partial charge in [-0.2, -0.15) is 0 Å². The minimum absolute atomic E-state index is 0.0819. The first-order valence-electron chi connectivity index (χ1n) is 8.38. The molecule has 0 unspecified atom stereocenters. The third-order valence-electron chi connectivity index (χ3n) is 3.71. The fraction of sp³-hybridized carbons (Fsp3) is 0.421. The van der Waals surface area contributed by atoms with Crippen molar-refractivity contribution in [1.82, 2.24) is 9.97 Å². The number of nitrogens with one attached hydrogen (secondary N) is 2. The molecule has 1 aromatic heterocycles. The summed E-state index contributed by atoms with van der Waals surface area (Å²) in [4.78, 5) is 20.7. The highest BCUT2D eigenvalue weighted by molar-refractivity contribution is 6.02. The lowest BCUT2D eigenvalue weighted by Gasteiger charge is -2.19. The zero-order chi connectivity index (χ0) is 18.3. The number of rotatable bonds is 7. The monoisotopic (exact) mass is 342 g/mol. The van der Waals surface area contributed by atoms with Crippen molar-refractivity contribution in [3.8, 4) is 0 Å². The van der Waals surface area contributed by atoms with E-state index in [1.54, 1.807) is 19.4 Å². The molecule has 6 heteroatoms. The topological polar surface area (TPSA) is 76.1 Å². The molecule has 0 radical (unpaired) electrons. The van der Waals surface area contributed by atoms with E-state index >= 15 is 0 Å². The number of carbonyl (C=O) groups is 1. The van der Waals surface area contributed by atoms with Crippen molar-refractivity contribution >= 4 is 17.5 Å². The molecule has 0 fully saturated rings. The molecular weight excluding hydrogens is 316 g/mol. The summed E-state index contributed by atoms with van der Waals surface area (Å²) in [7, 11) is 1.66. The van der Waals surface area contributed by atoms with Crippen molar-refractivity contribution in [2.45, 2.75) is 32.6 Å². The van der Waals surface area contributed by atoms with Gasteiger partial charge in [0, 0.05) is 32.1 Å². The molecule has 134 valence electrons. The second kappa shape index (κ2) is 8.58. The normalized spacial score (nSPS) is 11.2. The number of methoxy groups -OCH3 is 1. The molecule has 0 aliphatic carbocycles. The molecule has 1 heterocycles. The van der Waals surface area contributed by atoms with Crippen LogP contribution in [0.2, 0.25) is 0 Å². The fourth-order valence-electron chi connectivity index (χ4n) is 2.24. The summed E-state index contributed by atoms with van der Waals surface area (Å²) in [6.45, 7) is 7.82. The van der Waals surface area contributed by atoms with Gasteiger partial charge in [0.05, 0.1) is 0 Å². The van der Waals surface area contributed by atoms with Crippen LogP contribution in [0.4, 0.5) is 11.6 Å². The summed E-state index contributed by atoms with van der Waals surface area (Å²) in [5, 5.41) is 5.94. The van der Waals surface area contributed by atoms with Crippen molar-refractivity contribution in [1.29, 1.82) is 0 Å². The molecule has 0 aliphatic heterocycles. The van der Waals surface area contributed by atoms with Gasteiger partial charge in [0.25, 0.3) is 5.91 Å². The quantitative estimate of drug-likeness (QED) is 0.754. The second-order valence-electron chi connectivity index (χ2n) is 6.82. The fourth-order valence-corrected chi connectivity index (χ4v) is 2.24. The van der Waals surface area contributed by atoms with E-state index in [0.29, 0.717) is 24.8 Å². The number of aromatic nitrogens is 2. The van der Waals surface area contributed by atoms with Crippen molar-refractivity contribution < 1.29 is 9.53 Å². The highest BCUT2D eigenvalue weighted by atomic mass is 16.5. The number of hydrogen-bond acceptors (Lipinski definition) is 5. The molecule has 0 atom stereocenters. The van der Waals surface area contributed by atoms with Gasteiger partial charge in [0.2, 0.25) is 5.95 Å². The van der Waals surface area contributed by atoms with Gasteiger partial charge >= 0.3 is 0 Å². The van der Waals surface area contributed by atoms with Crippen molar-refractivity contribution in [2.24, 2.45) is 0 Å². The van der Waals surface area contributed by atoms with Gasteiger partial charge in [-0.25, -0.2) is 9.97 Å².